The number of H-pyrrole nitrogens is 1. The molecule has 1 fully saturated rings. The van der Waals surface area contributed by atoms with Crippen LogP contribution in [0.5, 0.6) is 0 Å². The van der Waals surface area contributed by atoms with Crippen molar-refractivity contribution in [2.24, 2.45) is 0 Å². The first-order chi connectivity index (χ1) is 12.1. The highest BCUT2D eigenvalue weighted by atomic mass is 32.5. The number of hydrogen-bond acceptors (Lipinski definition) is 12. The number of phosphoric acid groups is 1. The smallest absolute Gasteiger partial charge is 0.278 e. The number of fused-ring (bicyclic) bond motifs is 1. The Balaban J connectivity index is 1.70. The zero-order valence-corrected chi connectivity index (χ0v) is 15.3. The summed E-state index contributed by atoms with van der Waals surface area (Å²) in [6.45, 7) is -5.67. The SMILES string of the molecule is O=c1[nH]cnc2c1ncn2[C@H]1C[C@H](O)[C@@H](COP(=O)([O-])OP([O-])([O-])=S)O1. The first-order valence-electron chi connectivity index (χ1n) is 6.98. The van der Waals surface area contributed by atoms with Crippen LogP contribution in [0, 0.1) is 0 Å². The number of aromatic nitrogens is 4. The van der Waals surface area contributed by atoms with Crippen molar-refractivity contribution < 1.29 is 37.9 Å². The van der Waals surface area contributed by atoms with Gasteiger partial charge in [-0.1, -0.05) is 6.72 Å². The van der Waals surface area contributed by atoms with E-state index in [9.17, 15) is 29.1 Å². The molecule has 2 aromatic heterocycles. The summed E-state index contributed by atoms with van der Waals surface area (Å²) in [6, 6.07) is 0. The molecular formula is C10H11N4O9P2S-3. The van der Waals surface area contributed by atoms with Gasteiger partial charge in [-0.2, -0.15) is 0 Å². The number of ether oxygens (including phenoxy) is 1. The van der Waals surface area contributed by atoms with Crippen molar-refractivity contribution in [1.29, 1.82) is 0 Å². The molecule has 26 heavy (non-hydrogen) atoms. The van der Waals surface area contributed by atoms with Gasteiger partial charge in [0.25, 0.3) is 13.4 Å². The second kappa shape index (κ2) is 7.17. The number of rotatable bonds is 6. The lowest BCUT2D eigenvalue weighted by Crippen LogP contribution is -2.28. The van der Waals surface area contributed by atoms with Gasteiger partial charge in [-0.15, -0.1) is 11.8 Å². The van der Waals surface area contributed by atoms with Crippen LogP contribution in [0.1, 0.15) is 12.6 Å². The second-order valence-electron chi connectivity index (χ2n) is 5.26. The molecule has 144 valence electrons. The summed E-state index contributed by atoms with van der Waals surface area (Å²) in [5, 5.41) is 10.0. The van der Waals surface area contributed by atoms with Gasteiger partial charge >= 0.3 is 0 Å². The molecule has 16 heteroatoms. The number of nitrogens with zero attached hydrogens (tertiary/aromatic N) is 3. The molecule has 4 atom stereocenters. The summed E-state index contributed by atoms with van der Waals surface area (Å²) in [6.07, 6.45) is -0.549. The molecule has 1 unspecified atom stereocenters. The summed E-state index contributed by atoms with van der Waals surface area (Å²) < 4.78 is 26.3. The number of aliphatic hydroxyl groups is 1. The van der Waals surface area contributed by atoms with Gasteiger partial charge in [-0.3, -0.25) is 13.9 Å². The van der Waals surface area contributed by atoms with E-state index in [1.807, 2.05) is 0 Å². The van der Waals surface area contributed by atoms with Crippen LogP contribution in [-0.4, -0.2) is 43.4 Å². The molecular weight excluding hydrogens is 414 g/mol. The minimum absolute atomic E-state index is 0.0269. The summed E-state index contributed by atoms with van der Waals surface area (Å²) in [7, 11) is -5.22. The van der Waals surface area contributed by atoms with E-state index in [-0.39, 0.29) is 17.6 Å². The lowest BCUT2D eigenvalue weighted by Gasteiger charge is -2.39. The Kier molecular flexibility index (Phi) is 5.43. The van der Waals surface area contributed by atoms with Crippen LogP contribution in [0.15, 0.2) is 17.4 Å². The molecule has 0 aliphatic carbocycles. The van der Waals surface area contributed by atoms with Crippen molar-refractivity contribution in [2.75, 3.05) is 6.61 Å². The molecule has 0 spiro atoms. The monoisotopic (exact) mass is 425 g/mol. The van der Waals surface area contributed by atoms with Gasteiger partial charge in [0.15, 0.2) is 11.2 Å². The van der Waals surface area contributed by atoms with Gasteiger partial charge in [0.1, 0.15) is 12.3 Å². The minimum Gasteiger partial charge on any atom is -0.812 e. The molecule has 2 aromatic rings. The van der Waals surface area contributed by atoms with Crippen LogP contribution in [0.3, 0.4) is 0 Å². The highest BCUT2D eigenvalue weighted by molar-refractivity contribution is 8.06. The Morgan fingerprint density at radius 3 is 2.88 bits per heavy atom. The Labute approximate surface area is 150 Å². The number of hydrogen-bond donors (Lipinski definition) is 2. The first kappa shape index (κ1) is 19.7. The topological polar surface area (TPSA) is 198 Å². The van der Waals surface area contributed by atoms with Crippen LogP contribution in [0.4, 0.5) is 0 Å². The molecule has 0 bridgehead atoms. The van der Waals surface area contributed by atoms with Gasteiger partial charge in [0, 0.05) is 6.42 Å². The molecule has 0 saturated carbocycles. The van der Waals surface area contributed by atoms with Crippen LogP contribution < -0.4 is 20.2 Å². The lowest BCUT2D eigenvalue weighted by molar-refractivity contribution is -0.320. The molecule has 3 rings (SSSR count). The molecule has 3 heterocycles. The van der Waals surface area contributed by atoms with Crippen molar-refractivity contribution in [3.63, 3.8) is 0 Å². The van der Waals surface area contributed by atoms with E-state index in [1.165, 1.54) is 17.2 Å². The number of phosphoric ester groups is 1. The Hall–Kier alpha value is -1.05. The average Bonchev–Trinajstić information content (AvgIpc) is 3.07. The van der Waals surface area contributed by atoms with E-state index in [4.69, 9.17) is 4.74 Å². The quantitative estimate of drug-likeness (QED) is 0.452. The maximum absolute atomic E-state index is 11.6. The third kappa shape index (κ3) is 4.43. The molecule has 1 saturated heterocycles. The number of imidazole rings is 1. The van der Waals surface area contributed by atoms with E-state index >= 15 is 0 Å². The normalized spacial score (nSPS) is 26.2. The van der Waals surface area contributed by atoms with Crippen LogP contribution in [0.25, 0.3) is 11.2 Å². The van der Waals surface area contributed by atoms with Crippen LogP contribution in [0.2, 0.25) is 0 Å². The van der Waals surface area contributed by atoms with E-state index in [0.29, 0.717) is 0 Å². The standard InChI is InChI=1S/C10H14N4O9P2S/c15-5-1-7(14-4-13-8-9(14)11-3-12-10(8)16)22-6(5)2-21-24(17,18)23-25(19,20)26/h3-7,15H,1-2H2,(H,17,18)(H,11,12,16)(H2,19,20,26)/p-3/t5-,6+,7+/m0/s1. The van der Waals surface area contributed by atoms with Gasteiger partial charge in [-0.25, -0.2) is 9.97 Å². The van der Waals surface area contributed by atoms with Gasteiger partial charge in [0.2, 0.25) is 0 Å². The maximum atomic E-state index is 11.6. The zero-order chi connectivity index (χ0) is 19.1. The summed E-state index contributed by atoms with van der Waals surface area (Å²) in [5.41, 5.74) is -0.175. The predicted octanol–water partition coefficient (Wildman–Crippen LogP) is -2.79. The van der Waals surface area contributed by atoms with Crippen molar-refractivity contribution in [3.8, 4) is 0 Å². The molecule has 0 radical (unpaired) electrons. The first-order valence-corrected chi connectivity index (χ1v) is 11.0. The fraction of sp³-hybridized carbons (Fsp3) is 0.500. The largest absolute Gasteiger partial charge is 0.812 e. The zero-order valence-electron chi connectivity index (χ0n) is 12.7. The lowest BCUT2D eigenvalue weighted by atomic mass is 10.2. The van der Waals surface area contributed by atoms with Crippen molar-refractivity contribution in [2.45, 2.75) is 24.9 Å². The summed E-state index contributed by atoms with van der Waals surface area (Å²) in [4.78, 5) is 54.7. The van der Waals surface area contributed by atoms with E-state index in [1.54, 1.807) is 0 Å². The second-order valence-corrected chi connectivity index (χ2v) is 9.30. The van der Waals surface area contributed by atoms with Gasteiger partial charge in [-0.05, 0) is 0 Å². The van der Waals surface area contributed by atoms with Crippen LogP contribution >= 0.6 is 14.5 Å². The Bertz CT molecular complexity index is 957. The van der Waals surface area contributed by atoms with Crippen LogP contribution in [-0.2, 0) is 29.9 Å². The van der Waals surface area contributed by atoms with E-state index in [0.717, 1.165) is 0 Å². The molecule has 1 aliphatic heterocycles. The van der Waals surface area contributed by atoms with Crippen molar-refractivity contribution in [3.05, 3.63) is 23.0 Å². The highest BCUT2D eigenvalue weighted by Crippen LogP contribution is 2.51. The van der Waals surface area contributed by atoms with E-state index < -0.39 is 45.1 Å². The predicted molar refractivity (Wildman–Crippen MR) is 81.6 cm³/mol. The fourth-order valence-corrected chi connectivity index (χ4v) is 4.65. The average molecular weight is 425 g/mol. The van der Waals surface area contributed by atoms with Gasteiger partial charge in [0.05, 0.1) is 25.4 Å². The fourth-order valence-electron chi connectivity index (χ4n) is 2.42. The molecule has 1 aliphatic rings. The van der Waals surface area contributed by atoms with Crippen molar-refractivity contribution in [1.82, 2.24) is 19.5 Å². The minimum atomic E-state index is -5.22. The third-order valence-corrected chi connectivity index (χ3v) is 6.14. The maximum Gasteiger partial charge on any atom is 0.278 e. The Morgan fingerprint density at radius 1 is 1.46 bits per heavy atom. The Morgan fingerprint density at radius 2 is 2.19 bits per heavy atom. The van der Waals surface area contributed by atoms with Gasteiger partial charge < -0.3 is 38.3 Å². The third-order valence-electron chi connectivity index (χ3n) is 3.48. The molecule has 2 N–H and O–H groups in total. The van der Waals surface area contributed by atoms with Crippen molar-refractivity contribution >= 4 is 37.5 Å². The highest BCUT2D eigenvalue weighted by Gasteiger charge is 2.36. The molecule has 0 amide bonds. The molecule has 0 aromatic carbocycles. The summed E-state index contributed by atoms with van der Waals surface area (Å²) >= 11 is 3.83. The number of aliphatic hydroxyl groups excluding tert-OH is 1. The number of nitrogens with one attached hydrogen (secondary N) is 1. The molecule has 13 nitrogen and oxygen atoms in total. The summed E-state index contributed by atoms with van der Waals surface area (Å²) in [5.74, 6) is 0. The number of aromatic amines is 1. The van der Waals surface area contributed by atoms with E-state index in [2.05, 4.69) is 35.6 Å².